The van der Waals surface area contributed by atoms with Crippen LogP contribution in [-0.4, -0.2) is 45.7 Å². The van der Waals surface area contributed by atoms with Crippen LogP contribution in [0.3, 0.4) is 0 Å². The Kier molecular flexibility index (Phi) is 8.46. The molecular formula is C17H28N4O3. The van der Waals surface area contributed by atoms with Gasteiger partial charge in [-0.05, 0) is 19.1 Å². The summed E-state index contributed by atoms with van der Waals surface area (Å²) in [6.45, 7) is 7.44. The lowest BCUT2D eigenvalue weighted by Crippen LogP contribution is -2.33. The molecule has 0 unspecified atom stereocenters. The molecule has 0 atom stereocenters. The minimum Gasteiger partial charge on any atom is -0.493 e. The van der Waals surface area contributed by atoms with Crippen molar-refractivity contribution in [3.8, 4) is 11.5 Å². The van der Waals surface area contributed by atoms with Crippen LogP contribution in [0, 0.1) is 5.92 Å². The summed E-state index contributed by atoms with van der Waals surface area (Å²) in [5, 5.41) is 9.21. The van der Waals surface area contributed by atoms with Crippen molar-refractivity contribution < 1.29 is 14.3 Å². The fourth-order valence-corrected chi connectivity index (χ4v) is 1.91. The molecule has 0 spiro atoms. The van der Waals surface area contributed by atoms with Crippen molar-refractivity contribution in [1.82, 2.24) is 10.6 Å². The van der Waals surface area contributed by atoms with Gasteiger partial charge in [0.1, 0.15) is 0 Å². The van der Waals surface area contributed by atoms with Crippen LogP contribution in [-0.2, 0) is 4.79 Å². The zero-order valence-corrected chi connectivity index (χ0v) is 15.1. The number of nitrogens with zero attached hydrogens (tertiary/aromatic N) is 1. The maximum absolute atomic E-state index is 11.5. The number of carbonyl (C=O) groups excluding carboxylic acids is 1. The Labute approximate surface area is 143 Å². The molecule has 0 saturated carbocycles. The largest absolute Gasteiger partial charge is 0.493 e. The average molecular weight is 336 g/mol. The molecule has 1 aromatic rings. The highest BCUT2D eigenvalue weighted by molar-refractivity contribution is 5.94. The Hall–Kier alpha value is -2.44. The topological polar surface area (TPSA) is 84.0 Å². The second kappa shape index (κ2) is 10.4. The van der Waals surface area contributed by atoms with Crippen LogP contribution in [0.1, 0.15) is 20.8 Å². The van der Waals surface area contributed by atoms with Gasteiger partial charge in [0.2, 0.25) is 5.91 Å². The average Bonchev–Trinajstić information content (AvgIpc) is 2.58. The molecule has 1 amide bonds. The van der Waals surface area contributed by atoms with Crippen molar-refractivity contribution in [3.05, 3.63) is 18.2 Å². The molecule has 134 valence electrons. The number of carbonyl (C=O) groups is 1. The summed E-state index contributed by atoms with van der Waals surface area (Å²) in [6, 6.07) is 5.55. The smallest absolute Gasteiger partial charge is 0.222 e. The van der Waals surface area contributed by atoms with Crippen molar-refractivity contribution in [2.45, 2.75) is 20.8 Å². The molecule has 0 bridgehead atoms. The number of nitrogens with one attached hydrogen (secondary N) is 3. The molecule has 1 aromatic carbocycles. The van der Waals surface area contributed by atoms with Crippen LogP contribution in [0.15, 0.2) is 23.2 Å². The highest BCUT2D eigenvalue weighted by Gasteiger charge is 2.07. The van der Waals surface area contributed by atoms with E-state index in [2.05, 4.69) is 20.9 Å². The molecule has 0 heterocycles. The van der Waals surface area contributed by atoms with Crippen LogP contribution >= 0.6 is 0 Å². The molecule has 0 saturated heterocycles. The molecule has 0 aliphatic carbocycles. The second-order valence-electron chi connectivity index (χ2n) is 5.40. The monoisotopic (exact) mass is 336 g/mol. The van der Waals surface area contributed by atoms with Gasteiger partial charge in [-0.25, -0.2) is 0 Å². The first-order valence-corrected chi connectivity index (χ1v) is 8.06. The number of methoxy groups -OCH3 is 2. The Bertz CT molecular complexity index is 559. The molecule has 7 nitrogen and oxygen atoms in total. The number of rotatable bonds is 8. The van der Waals surface area contributed by atoms with Crippen molar-refractivity contribution in [3.63, 3.8) is 0 Å². The maximum atomic E-state index is 11.5. The molecule has 0 radical (unpaired) electrons. The van der Waals surface area contributed by atoms with Gasteiger partial charge in [-0.1, -0.05) is 13.8 Å². The molecular weight excluding hydrogens is 308 g/mol. The molecule has 0 aromatic heterocycles. The van der Waals surface area contributed by atoms with Gasteiger partial charge in [0.15, 0.2) is 17.5 Å². The van der Waals surface area contributed by atoms with Gasteiger partial charge in [-0.3, -0.25) is 9.79 Å². The summed E-state index contributed by atoms with van der Waals surface area (Å²) in [6.07, 6.45) is 0. The van der Waals surface area contributed by atoms with Gasteiger partial charge in [-0.15, -0.1) is 0 Å². The standard InChI is InChI=1S/C17H28N4O3/c1-6-18-17(20-10-9-19-16(22)12(2)3)21-13-7-8-14(23-4)15(11-13)24-5/h7-8,11-12H,6,9-10H2,1-5H3,(H,19,22)(H2,18,20,21). The number of amides is 1. The Balaban J connectivity index is 2.68. The number of anilines is 1. The summed E-state index contributed by atoms with van der Waals surface area (Å²) in [7, 11) is 3.19. The summed E-state index contributed by atoms with van der Waals surface area (Å²) in [5.41, 5.74) is 0.832. The number of guanidine groups is 1. The normalized spacial score (nSPS) is 11.2. The molecule has 0 aliphatic heterocycles. The van der Waals surface area contributed by atoms with Crippen LogP contribution in [0.4, 0.5) is 5.69 Å². The second-order valence-corrected chi connectivity index (χ2v) is 5.40. The van der Waals surface area contributed by atoms with Gasteiger partial charge in [0.05, 0.1) is 20.8 Å². The first kappa shape index (κ1) is 19.6. The minimum atomic E-state index is -0.0212. The number of aliphatic imine (C=N–C) groups is 1. The molecule has 3 N–H and O–H groups in total. The lowest BCUT2D eigenvalue weighted by Gasteiger charge is -2.14. The van der Waals surface area contributed by atoms with E-state index in [4.69, 9.17) is 9.47 Å². The lowest BCUT2D eigenvalue weighted by molar-refractivity contribution is -0.123. The van der Waals surface area contributed by atoms with E-state index in [0.717, 1.165) is 12.2 Å². The third-order valence-corrected chi connectivity index (χ3v) is 3.20. The predicted octanol–water partition coefficient (Wildman–Crippen LogP) is 1.85. The molecule has 24 heavy (non-hydrogen) atoms. The zero-order valence-electron chi connectivity index (χ0n) is 15.1. The minimum absolute atomic E-state index is 0.0212. The summed E-state index contributed by atoms with van der Waals surface area (Å²) in [4.78, 5) is 16.0. The van der Waals surface area contributed by atoms with Crippen LogP contribution in [0.25, 0.3) is 0 Å². The van der Waals surface area contributed by atoms with E-state index in [1.165, 1.54) is 0 Å². The van der Waals surface area contributed by atoms with Gasteiger partial charge >= 0.3 is 0 Å². The Morgan fingerprint density at radius 1 is 1.17 bits per heavy atom. The van der Waals surface area contributed by atoms with E-state index in [1.54, 1.807) is 14.2 Å². The first-order valence-electron chi connectivity index (χ1n) is 8.06. The fourth-order valence-electron chi connectivity index (χ4n) is 1.91. The summed E-state index contributed by atoms with van der Waals surface area (Å²) in [5.74, 6) is 1.96. The maximum Gasteiger partial charge on any atom is 0.222 e. The van der Waals surface area contributed by atoms with Crippen molar-refractivity contribution in [2.75, 3.05) is 39.2 Å². The summed E-state index contributed by atoms with van der Waals surface area (Å²) >= 11 is 0. The van der Waals surface area contributed by atoms with E-state index in [0.29, 0.717) is 30.5 Å². The van der Waals surface area contributed by atoms with Gasteiger partial charge in [0.25, 0.3) is 0 Å². The zero-order chi connectivity index (χ0) is 17.9. The van der Waals surface area contributed by atoms with Gasteiger partial charge < -0.3 is 25.4 Å². The number of ether oxygens (including phenoxy) is 2. The van der Waals surface area contributed by atoms with E-state index in [1.807, 2.05) is 39.0 Å². The van der Waals surface area contributed by atoms with E-state index >= 15 is 0 Å². The van der Waals surface area contributed by atoms with Crippen LogP contribution < -0.4 is 25.4 Å². The highest BCUT2D eigenvalue weighted by Crippen LogP contribution is 2.29. The van der Waals surface area contributed by atoms with Crippen molar-refractivity contribution in [1.29, 1.82) is 0 Å². The SMILES string of the molecule is CCNC(=NCCNC(=O)C(C)C)Nc1ccc(OC)c(OC)c1. The van der Waals surface area contributed by atoms with Gasteiger partial charge in [0, 0.05) is 30.8 Å². The summed E-state index contributed by atoms with van der Waals surface area (Å²) < 4.78 is 10.5. The number of hydrogen-bond donors (Lipinski definition) is 3. The Morgan fingerprint density at radius 3 is 2.46 bits per heavy atom. The lowest BCUT2D eigenvalue weighted by atomic mass is 10.2. The molecule has 7 heteroatoms. The highest BCUT2D eigenvalue weighted by atomic mass is 16.5. The molecule has 0 aliphatic rings. The van der Waals surface area contributed by atoms with E-state index in [-0.39, 0.29) is 11.8 Å². The fraction of sp³-hybridized carbons (Fsp3) is 0.529. The molecule has 1 rings (SSSR count). The van der Waals surface area contributed by atoms with Gasteiger partial charge in [-0.2, -0.15) is 0 Å². The number of benzene rings is 1. The predicted molar refractivity (Wildman–Crippen MR) is 97.0 cm³/mol. The van der Waals surface area contributed by atoms with E-state index in [9.17, 15) is 4.79 Å². The quantitative estimate of drug-likeness (QED) is 0.383. The first-order chi connectivity index (χ1) is 11.5. The third kappa shape index (κ3) is 6.36. The van der Waals surface area contributed by atoms with Crippen molar-refractivity contribution >= 4 is 17.6 Å². The van der Waals surface area contributed by atoms with Crippen LogP contribution in [0.2, 0.25) is 0 Å². The third-order valence-electron chi connectivity index (χ3n) is 3.20. The van der Waals surface area contributed by atoms with Crippen LogP contribution in [0.5, 0.6) is 11.5 Å². The van der Waals surface area contributed by atoms with Crippen molar-refractivity contribution in [2.24, 2.45) is 10.9 Å². The Morgan fingerprint density at radius 2 is 1.88 bits per heavy atom. The molecule has 0 fully saturated rings. The van der Waals surface area contributed by atoms with E-state index < -0.39 is 0 Å². The number of hydrogen-bond acceptors (Lipinski definition) is 4.